The van der Waals surface area contributed by atoms with Crippen LogP contribution in [-0.2, 0) is 6.54 Å². The first-order chi connectivity index (χ1) is 14.2. The number of carbonyl (C=O) groups is 1. The van der Waals surface area contributed by atoms with Gasteiger partial charge >= 0.3 is 0 Å². The number of fused-ring (bicyclic) bond motifs is 1. The minimum atomic E-state index is -0.298. The molecule has 0 unspecified atom stereocenters. The Hall–Kier alpha value is -2.86. The number of hydrogen-bond donors (Lipinski definition) is 0. The van der Waals surface area contributed by atoms with E-state index < -0.39 is 0 Å². The summed E-state index contributed by atoms with van der Waals surface area (Å²) in [5.41, 5.74) is 1.44. The lowest BCUT2D eigenvalue weighted by atomic mass is 10.2. The van der Waals surface area contributed by atoms with Gasteiger partial charge in [0.05, 0.1) is 17.9 Å². The Balaban J connectivity index is 2.00. The van der Waals surface area contributed by atoms with Gasteiger partial charge in [0.25, 0.3) is 5.91 Å². The highest BCUT2D eigenvalue weighted by Gasteiger charge is 2.13. The predicted molar refractivity (Wildman–Crippen MR) is 118 cm³/mol. The summed E-state index contributed by atoms with van der Waals surface area (Å²) >= 11 is 1.46. The third-order valence-corrected chi connectivity index (χ3v) is 5.36. The van der Waals surface area contributed by atoms with Crippen LogP contribution < -0.4 is 14.3 Å². The molecule has 2 aromatic carbocycles. The molecule has 5 nitrogen and oxygen atoms in total. The van der Waals surface area contributed by atoms with Crippen molar-refractivity contribution in [3.05, 3.63) is 65.5 Å². The van der Waals surface area contributed by atoms with Crippen LogP contribution in [0.5, 0.6) is 11.5 Å². The highest BCUT2D eigenvalue weighted by atomic mass is 32.1. The SMILES string of the molecule is C=CCn1c(=NC(=O)c2cccc(OCCCC)c2)sc2cccc(OCC)c21. The number of carbonyl (C=O) groups excluding carboxylic acids is 1. The summed E-state index contributed by atoms with van der Waals surface area (Å²) in [6, 6.07) is 13.1. The van der Waals surface area contributed by atoms with E-state index in [4.69, 9.17) is 9.47 Å². The summed E-state index contributed by atoms with van der Waals surface area (Å²) in [5.74, 6) is 1.17. The third-order valence-electron chi connectivity index (χ3n) is 4.32. The highest BCUT2D eigenvalue weighted by Crippen LogP contribution is 2.27. The maximum absolute atomic E-state index is 12.9. The standard InChI is InChI=1S/C23H26N2O3S/c1-4-7-15-28-18-11-8-10-17(16-18)22(26)24-23-25(14-5-2)21-19(27-6-3)12-9-13-20(21)29-23/h5,8-13,16H,2,4,6-7,14-15H2,1,3H3. The van der Waals surface area contributed by atoms with Gasteiger partial charge in [-0.3, -0.25) is 4.79 Å². The smallest absolute Gasteiger partial charge is 0.279 e. The average Bonchev–Trinajstić information content (AvgIpc) is 3.07. The van der Waals surface area contributed by atoms with Gasteiger partial charge in [-0.25, -0.2) is 0 Å². The molecule has 0 saturated carbocycles. The Labute approximate surface area is 174 Å². The minimum Gasteiger partial charge on any atom is -0.494 e. The van der Waals surface area contributed by atoms with Crippen molar-refractivity contribution in [3.63, 3.8) is 0 Å². The van der Waals surface area contributed by atoms with Gasteiger partial charge in [-0.15, -0.1) is 6.58 Å². The summed E-state index contributed by atoms with van der Waals surface area (Å²) in [4.78, 5) is 17.9. The second-order valence-electron chi connectivity index (χ2n) is 6.47. The van der Waals surface area contributed by atoms with E-state index in [-0.39, 0.29) is 5.91 Å². The van der Waals surface area contributed by atoms with Gasteiger partial charge in [0, 0.05) is 12.1 Å². The summed E-state index contributed by atoms with van der Waals surface area (Å²) in [7, 11) is 0. The van der Waals surface area contributed by atoms with Gasteiger partial charge in [-0.1, -0.05) is 42.9 Å². The average molecular weight is 411 g/mol. The van der Waals surface area contributed by atoms with Crippen LogP contribution in [-0.4, -0.2) is 23.7 Å². The molecule has 29 heavy (non-hydrogen) atoms. The molecular formula is C23H26N2O3S. The molecule has 0 radical (unpaired) electrons. The molecular weight excluding hydrogens is 384 g/mol. The van der Waals surface area contributed by atoms with E-state index in [1.165, 1.54) is 11.3 Å². The van der Waals surface area contributed by atoms with E-state index in [9.17, 15) is 4.79 Å². The molecule has 0 bridgehead atoms. The molecule has 3 aromatic rings. The fraction of sp³-hybridized carbons (Fsp3) is 0.304. The monoisotopic (exact) mass is 410 g/mol. The van der Waals surface area contributed by atoms with Crippen molar-refractivity contribution in [2.24, 2.45) is 4.99 Å². The predicted octanol–water partition coefficient (Wildman–Crippen LogP) is 5.21. The summed E-state index contributed by atoms with van der Waals surface area (Å²) in [6.07, 6.45) is 3.83. The number of allylic oxidation sites excluding steroid dienone is 1. The summed E-state index contributed by atoms with van der Waals surface area (Å²) in [5, 5.41) is 0. The molecule has 0 aliphatic heterocycles. The third kappa shape index (κ3) is 4.95. The Morgan fingerprint density at radius 2 is 2.03 bits per heavy atom. The van der Waals surface area contributed by atoms with Crippen LogP contribution in [0.1, 0.15) is 37.0 Å². The molecule has 0 aliphatic rings. The van der Waals surface area contributed by atoms with E-state index in [1.54, 1.807) is 18.2 Å². The molecule has 0 atom stereocenters. The van der Waals surface area contributed by atoms with E-state index in [1.807, 2.05) is 41.8 Å². The zero-order valence-corrected chi connectivity index (χ0v) is 17.7. The van der Waals surface area contributed by atoms with E-state index in [2.05, 4.69) is 18.5 Å². The number of nitrogens with zero attached hydrogens (tertiary/aromatic N) is 2. The van der Waals surface area contributed by atoms with Crippen molar-refractivity contribution in [1.82, 2.24) is 4.57 Å². The lowest BCUT2D eigenvalue weighted by Gasteiger charge is -2.08. The van der Waals surface area contributed by atoms with E-state index >= 15 is 0 Å². The summed E-state index contributed by atoms with van der Waals surface area (Å²) in [6.45, 7) is 9.66. The number of benzene rings is 2. The van der Waals surface area contributed by atoms with Crippen LogP contribution in [0.3, 0.4) is 0 Å². The van der Waals surface area contributed by atoms with Crippen molar-refractivity contribution in [3.8, 4) is 11.5 Å². The van der Waals surface area contributed by atoms with Crippen molar-refractivity contribution >= 4 is 27.5 Å². The number of ether oxygens (including phenoxy) is 2. The Morgan fingerprint density at radius 3 is 2.79 bits per heavy atom. The Bertz CT molecular complexity index is 1070. The molecule has 0 saturated heterocycles. The first kappa shape index (κ1) is 20.9. The molecule has 3 rings (SSSR count). The van der Waals surface area contributed by atoms with Crippen LogP contribution in [0.15, 0.2) is 60.1 Å². The second-order valence-corrected chi connectivity index (χ2v) is 7.48. The van der Waals surface area contributed by atoms with Crippen molar-refractivity contribution in [2.45, 2.75) is 33.2 Å². The minimum absolute atomic E-state index is 0.298. The Morgan fingerprint density at radius 1 is 1.21 bits per heavy atom. The molecule has 0 aliphatic carbocycles. The molecule has 152 valence electrons. The van der Waals surface area contributed by atoms with Crippen LogP contribution in [0.25, 0.3) is 10.2 Å². The number of thiazole rings is 1. The summed E-state index contributed by atoms with van der Waals surface area (Å²) < 4.78 is 14.5. The number of hydrogen-bond acceptors (Lipinski definition) is 4. The molecule has 6 heteroatoms. The quantitative estimate of drug-likeness (QED) is 0.359. The fourth-order valence-corrected chi connectivity index (χ4v) is 4.01. The van der Waals surface area contributed by atoms with Gasteiger partial charge in [0.2, 0.25) is 0 Å². The van der Waals surface area contributed by atoms with E-state index in [0.29, 0.717) is 35.9 Å². The van der Waals surface area contributed by atoms with Crippen LogP contribution in [0, 0.1) is 0 Å². The van der Waals surface area contributed by atoms with Gasteiger partial charge < -0.3 is 14.0 Å². The van der Waals surface area contributed by atoms with Crippen LogP contribution in [0.4, 0.5) is 0 Å². The lowest BCUT2D eigenvalue weighted by molar-refractivity contribution is 0.0997. The Kier molecular flexibility index (Phi) is 7.25. The number of aromatic nitrogens is 1. The zero-order valence-electron chi connectivity index (χ0n) is 16.9. The number of rotatable bonds is 9. The van der Waals surface area contributed by atoms with Crippen LogP contribution >= 0.6 is 11.3 Å². The van der Waals surface area contributed by atoms with Gasteiger partial charge in [-0.2, -0.15) is 4.99 Å². The topological polar surface area (TPSA) is 52.8 Å². The number of amides is 1. The molecule has 1 amide bonds. The molecule has 0 spiro atoms. The van der Waals surface area contributed by atoms with Crippen molar-refractivity contribution < 1.29 is 14.3 Å². The van der Waals surface area contributed by atoms with Gasteiger partial charge in [-0.05, 0) is 43.7 Å². The largest absolute Gasteiger partial charge is 0.494 e. The lowest BCUT2D eigenvalue weighted by Crippen LogP contribution is -2.16. The molecule has 1 heterocycles. The van der Waals surface area contributed by atoms with E-state index in [0.717, 1.165) is 28.8 Å². The normalized spacial score (nSPS) is 11.6. The zero-order chi connectivity index (χ0) is 20.6. The first-order valence-electron chi connectivity index (χ1n) is 9.85. The molecule has 0 fully saturated rings. The van der Waals surface area contributed by atoms with Crippen LogP contribution in [0.2, 0.25) is 0 Å². The molecule has 0 N–H and O–H groups in total. The van der Waals surface area contributed by atoms with Gasteiger partial charge in [0.15, 0.2) is 4.80 Å². The maximum Gasteiger partial charge on any atom is 0.279 e. The van der Waals surface area contributed by atoms with Gasteiger partial charge in [0.1, 0.15) is 17.0 Å². The second kappa shape index (κ2) is 10.1. The van der Waals surface area contributed by atoms with Crippen molar-refractivity contribution in [1.29, 1.82) is 0 Å². The highest BCUT2D eigenvalue weighted by molar-refractivity contribution is 7.16. The maximum atomic E-state index is 12.9. The van der Waals surface area contributed by atoms with Crippen molar-refractivity contribution in [2.75, 3.05) is 13.2 Å². The first-order valence-corrected chi connectivity index (χ1v) is 10.7. The fourth-order valence-electron chi connectivity index (χ4n) is 2.96. The molecule has 1 aromatic heterocycles. The number of unbranched alkanes of at least 4 members (excludes halogenated alkanes) is 1. The number of para-hydroxylation sites is 1.